The number of H-pyrrole nitrogens is 1. The van der Waals surface area contributed by atoms with Crippen LogP contribution in [0.25, 0.3) is 33.2 Å². The summed E-state index contributed by atoms with van der Waals surface area (Å²) in [6, 6.07) is 17.8. The number of aromatic amines is 1. The van der Waals surface area contributed by atoms with E-state index in [1.54, 1.807) is 6.20 Å². The minimum absolute atomic E-state index is 0.128. The molecule has 4 aromatic rings. The van der Waals surface area contributed by atoms with Crippen molar-refractivity contribution in [2.75, 3.05) is 39.4 Å². The van der Waals surface area contributed by atoms with Crippen LogP contribution in [-0.4, -0.2) is 101 Å². The lowest BCUT2D eigenvalue weighted by Gasteiger charge is -2.37. The maximum atomic E-state index is 13.7. The third-order valence-corrected chi connectivity index (χ3v) is 11.3. The number of nitroso groups, excluding NO2 is 1. The number of nitrogens with zero attached hydrogens (tertiary/aromatic N) is 4. The first kappa shape index (κ1) is 41.0. The second kappa shape index (κ2) is 17.2. The molecule has 14 heteroatoms. The molecule has 4 unspecified atom stereocenters. The van der Waals surface area contributed by atoms with Gasteiger partial charge in [0.25, 0.3) is 18.7 Å². The fourth-order valence-electron chi connectivity index (χ4n) is 8.16. The van der Waals surface area contributed by atoms with Crippen LogP contribution in [0.1, 0.15) is 66.1 Å². The molecular formula is C43H54N7O7+. The second-order valence-electron chi connectivity index (χ2n) is 15.9. The zero-order chi connectivity index (χ0) is 41.0. The number of alkyl carbamates (subject to hydrolysis) is 1. The zero-order valence-electron chi connectivity index (χ0n) is 33.8. The van der Waals surface area contributed by atoms with Gasteiger partial charge in [0.05, 0.1) is 24.5 Å². The van der Waals surface area contributed by atoms with Crippen molar-refractivity contribution >= 4 is 40.3 Å². The lowest BCUT2D eigenvalue weighted by atomic mass is 9.95. The Hall–Kier alpha value is -5.63. The van der Waals surface area contributed by atoms with Crippen molar-refractivity contribution in [3.8, 4) is 22.4 Å². The number of nitrogens with one attached hydrogen (secondary N) is 3. The van der Waals surface area contributed by atoms with E-state index in [0.29, 0.717) is 42.2 Å². The van der Waals surface area contributed by atoms with Crippen LogP contribution in [0.4, 0.5) is 10.5 Å². The summed E-state index contributed by atoms with van der Waals surface area (Å²) in [6.07, 6.45) is 3.92. The van der Waals surface area contributed by atoms with Gasteiger partial charge in [-0.05, 0) is 84.2 Å². The molecule has 0 saturated carbocycles. The monoisotopic (exact) mass is 780 g/mol. The Balaban J connectivity index is 1.13. The fourth-order valence-corrected chi connectivity index (χ4v) is 8.16. The minimum Gasteiger partial charge on any atom is -0.453 e. The first-order valence-corrected chi connectivity index (χ1v) is 19.7. The molecule has 0 bridgehead atoms. The molecular weight excluding hydrogens is 727 g/mol. The molecule has 14 nitrogen and oxygen atoms in total. The van der Waals surface area contributed by atoms with Gasteiger partial charge in [0.2, 0.25) is 11.8 Å². The summed E-state index contributed by atoms with van der Waals surface area (Å²) in [5.41, 5.74) is 3.82. The number of hydrogen-bond donors (Lipinski definition) is 3. The summed E-state index contributed by atoms with van der Waals surface area (Å²) in [6.45, 7) is 10.2. The summed E-state index contributed by atoms with van der Waals surface area (Å²) >= 11 is 0. The van der Waals surface area contributed by atoms with Crippen LogP contribution in [0.15, 0.2) is 66.9 Å². The molecule has 2 aliphatic rings. The molecule has 4 amide bonds. The minimum atomic E-state index is -0.930. The molecule has 2 aliphatic heterocycles. The van der Waals surface area contributed by atoms with E-state index in [0.717, 1.165) is 46.0 Å². The van der Waals surface area contributed by atoms with Gasteiger partial charge in [-0.3, -0.25) is 14.4 Å². The van der Waals surface area contributed by atoms with E-state index < -0.39 is 29.8 Å². The number of rotatable bonds is 13. The quantitative estimate of drug-likeness (QED) is 0.103. The highest BCUT2D eigenvalue weighted by Crippen LogP contribution is 2.39. The Morgan fingerprint density at radius 2 is 1.58 bits per heavy atom. The molecule has 4 atom stereocenters. The third-order valence-electron chi connectivity index (χ3n) is 11.3. The van der Waals surface area contributed by atoms with Crippen LogP contribution in [0, 0.1) is 16.7 Å². The molecule has 0 radical (unpaired) electrons. The number of hydrogen-bond acceptors (Lipinski definition) is 8. The Kier molecular flexibility index (Phi) is 12.4. The normalized spacial score (nSPS) is 19.2. The Morgan fingerprint density at radius 1 is 0.895 bits per heavy atom. The van der Waals surface area contributed by atoms with Gasteiger partial charge in [-0.25, -0.2) is 9.78 Å². The highest BCUT2D eigenvalue weighted by atomic mass is 16.5. The van der Waals surface area contributed by atoms with E-state index in [4.69, 9.17) is 14.5 Å². The third kappa shape index (κ3) is 8.55. The average Bonchev–Trinajstić information content (AvgIpc) is 3.97. The largest absolute Gasteiger partial charge is 0.453 e. The van der Waals surface area contributed by atoms with Gasteiger partial charge in [-0.2, -0.15) is 0 Å². The van der Waals surface area contributed by atoms with Crippen LogP contribution in [0.5, 0.6) is 0 Å². The zero-order valence-corrected chi connectivity index (χ0v) is 33.8. The predicted molar refractivity (Wildman–Crippen MR) is 217 cm³/mol. The number of ether oxygens (including phenoxy) is 2. The molecule has 2 fully saturated rings. The molecule has 2 saturated heterocycles. The van der Waals surface area contributed by atoms with Crippen LogP contribution >= 0.6 is 0 Å². The molecule has 3 N–H and O–H groups in total. The lowest BCUT2D eigenvalue weighted by Crippen LogP contribution is -2.55. The van der Waals surface area contributed by atoms with Gasteiger partial charge in [0, 0.05) is 41.5 Å². The van der Waals surface area contributed by atoms with Gasteiger partial charge in [0.1, 0.15) is 17.9 Å². The average molecular weight is 781 g/mol. The van der Waals surface area contributed by atoms with Crippen LogP contribution < -0.4 is 10.6 Å². The van der Waals surface area contributed by atoms with E-state index >= 15 is 0 Å². The number of fused-ring (bicyclic) bond motifs is 1. The lowest BCUT2D eigenvalue weighted by molar-refractivity contribution is -0.613. The number of carbonyl (C=O) groups is 4. The summed E-state index contributed by atoms with van der Waals surface area (Å²) in [4.78, 5) is 76.9. The topological polar surface area (TPSA) is 166 Å². The summed E-state index contributed by atoms with van der Waals surface area (Å²) in [5.74, 6) is -0.469. The van der Waals surface area contributed by atoms with Crippen LogP contribution in [0.3, 0.4) is 0 Å². The number of carbonyl (C=O) groups excluding carboxylic acids is 4. The first-order valence-electron chi connectivity index (χ1n) is 19.7. The van der Waals surface area contributed by atoms with Gasteiger partial charge in [-0.1, -0.05) is 70.2 Å². The Morgan fingerprint density at radius 3 is 2.26 bits per heavy atom. The maximum absolute atomic E-state index is 13.7. The number of likely N-dealkylation sites (tertiary alicyclic amines) is 2. The predicted octanol–water partition coefficient (Wildman–Crippen LogP) is 6.45. The second-order valence-corrected chi connectivity index (χ2v) is 15.9. The van der Waals surface area contributed by atoms with E-state index in [1.807, 2.05) is 82.0 Å². The number of imidazole rings is 1. The number of methoxy groups -OCH3 is 2. The SMILES string of the molecule is COC[N+](=O)C(C(=O)N1CCCC1C(=O)Nc1ccc2cc(-c3ccc(-c4cnc(C5(C)CCCN5C(=O)C(NC(=O)OC)C(C)C)[nH]4)cc3)ccc2c1)C(C)C. The molecule has 57 heavy (non-hydrogen) atoms. The molecule has 3 aromatic carbocycles. The van der Waals surface area contributed by atoms with Crippen LogP contribution in [0.2, 0.25) is 0 Å². The number of aromatic nitrogens is 2. The van der Waals surface area contributed by atoms with Crippen LogP contribution in [-0.2, 0) is 29.4 Å². The summed E-state index contributed by atoms with van der Waals surface area (Å²) in [7, 11) is 2.70. The highest BCUT2D eigenvalue weighted by Gasteiger charge is 2.47. The van der Waals surface area contributed by atoms with Crippen molar-refractivity contribution in [2.24, 2.45) is 11.8 Å². The van der Waals surface area contributed by atoms with Crippen molar-refractivity contribution in [1.29, 1.82) is 0 Å². The molecule has 302 valence electrons. The fraction of sp³-hybridized carbons (Fsp3) is 0.465. The van der Waals surface area contributed by atoms with Crippen molar-refractivity contribution in [3.05, 3.63) is 77.6 Å². The molecule has 6 rings (SSSR count). The Labute approximate surface area is 333 Å². The maximum Gasteiger partial charge on any atom is 0.407 e. The summed E-state index contributed by atoms with van der Waals surface area (Å²) in [5, 5.41) is 7.66. The van der Waals surface area contributed by atoms with Crippen molar-refractivity contribution in [3.63, 3.8) is 0 Å². The standard InChI is InChI=1S/C43H53N7O7/c1-26(2)36(47-42(54)57-7)39(52)49-21-9-19-43(49,5)41-44-24-34(46-41)29-13-11-28(12-14-29)30-15-16-32-23-33(18-17-31(32)22-30)45-38(51)35-10-8-20-48(35)40(53)37(27(3)4)50(55)25-56-6/h11-18,22-24,26-27,35-37H,8-10,19-21,25H2,1-7H3,(H2-,44,45,46,47,51,54)/p+1. The number of benzene rings is 3. The van der Waals surface area contributed by atoms with Crippen molar-refractivity contribution in [1.82, 2.24) is 25.1 Å². The van der Waals surface area contributed by atoms with Crippen molar-refractivity contribution in [2.45, 2.75) is 84.0 Å². The smallest absolute Gasteiger partial charge is 0.407 e. The van der Waals surface area contributed by atoms with E-state index in [1.165, 1.54) is 19.1 Å². The first-order chi connectivity index (χ1) is 27.2. The summed E-state index contributed by atoms with van der Waals surface area (Å²) < 4.78 is 10.4. The van der Waals surface area contributed by atoms with E-state index in [-0.39, 0.29) is 36.3 Å². The molecule has 1 aromatic heterocycles. The highest BCUT2D eigenvalue weighted by molar-refractivity contribution is 6.00. The number of amides is 4. The van der Waals surface area contributed by atoms with Gasteiger partial charge >= 0.3 is 6.09 Å². The van der Waals surface area contributed by atoms with Gasteiger partial charge in [0.15, 0.2) is 0 Å². The molecule has 0 aliphatic carbocycles. The molecule has 3 heterocycles. The number of anilines is 1. The van der Waals surface area contributed by atoms with E-state index in [2.05, 4.69) is 33.8 Å². The van der Waals surface area contributed by atoms with E-state index in [9.17, 15) is 24.1 Å². The van der Waals surface area contributed by atoms with Gasteiger partial charge in [-0.15, -0.1) is 0 Å². The van der Waals surface area contributed by atoms with Gasteiger partial charge < -0.3 is 34.9 Å². The van der Waals surface area contributed by atoms with Crippen molar-refractivity contribution < 1.29 is 33.4 Å². The molecule has 0 spiro atoms. The Bertz CT molecular complexity index is 2130.